The van der Waals surface area contributed by atoms with Crippen molar-refractivity contribution in [2.24, 2.45) is 5.41 Å². The number of hydrogen-bond donors (Lipinski definition) is 1. The van der Waals surface area contributed by atoms with Crippen LogP contribution in [0.4, 0.5) is 4.79 Å². The van der Waals surface area contributed by atoms with Crippen LogP contribution in [-0.4, -0.2) is 52.7 Å². The van der Waals surface area contributed by atoms with Crippen LogP contribution >= 0.6 is 0 Å². The average Bonchev–Trinajstić information content (AvgIpc) is 2.58. The molecule has 1 aliphatic carbocycles. The number of fused-ring (bicyclic) bond motifs is 4. The number of carbonyl (C=O) groups is 1. The molecule has 2 atom stereocenters. The van der Waals surface area contributed by atoms with Crippen LogP contribution in [0.1, 0.15) is 51.2 Å². The number of urea groups is 1. The number of rotatable bonds is 0. The molecule has 2 amide bonds. The van der Waals surface area contributed by atoms with E-state index in [1.165, 1.54) is 11.1 Å². The summed E-state index contributed by atoms with van der Waals surface area (Å²) in [5, 5.41) is 9.74. The molecule has 2 bridgehead atoms. The zero-order valence-corrected chi connectivity index (χ0v) is 15.7. The Morgan fingerprint density at radius 2 is 1.80 bits per heavy atom. The summed E-state index contributed by atoms with van der Waals surface area (Å²) in [5.74, 6) is 0. The third-order valence-electron chi connectivity index (χ3n) is 7.49. The molecule has 0 aromatic heterocycles. The van der Waals surface area contributed by atoms with E-state index in [2.05, 4.69) is 49.9 Å². The van der Waals surface area contributed by atoms with Crippen molar-refractivity contribution in [3.63, 3.8) is 0 Å². The highest BCUT2D eigenvalue weighted by Gasteiger charge is 2.57. The van der Waals surface area contributed by atoms with E-state index in [-0.39, 0.29) is 29.0 Å². The van der Waals surface area contributed by atoms with Crippen LogP contribution in [0.3, 0.4) is 0 Å². The first kappa shape index (κ1) is 16.9. The van der Waals surface area contributed by atoms with Crippen LogP contribution in [0.2, 0.25) is 0 Å². The summed E-state index contributed by atoms with van der Waals surface area (Å²) in [6.07, 6.45) is 3.12. The minimum absolute atomic E-state index is 0.0462. The minimum atomic E-state index is -0.244. The van der Waals surface area contributed by atoms with Gasteiger partial charge in [-0.3, -0.25) is 0 Å². The molecule has 2 heterocycles. The monoisotopic (exact) mass is 342 g/mol. The molecule has 25 heavy (non-hydrogen) atoms. The predicted molar refractivity (Wildman–Crippen MR) is 98.6 cm³/mol. The Hall–Kier alpha value is -1.55. The summed E-state index contributed by atoms with van der Waals surface area (Å²) in [6.45, 7) is 9.25. The van der Waals surface area contributed by atoms with Gasteiger partial charge in [-0.2, -0.15) is 0 Å². The molecule has 4 nitrogen and oxygen atoms in total. The number of benzene rings is 1. The summed E-state index contributed by atoms with van der Waals surface area (Å²) < 4.78 is 0. The van der Waals surface area contributed by atoms with Crippen molar-refractivity contribution < 1.29 is 9.90 Å². The molecule has 2 fully saturated rings. The molecule has 4 heteroatoms. The van der Waals surface area contributed by atoms with Gasteiger partial charge in [0.05, 0.1) is 6.10 Å². The summed E-state index contributed by atoms with van der Waals surface area (Å²) in [6, 6.07) is 9.20. The zero-order valence-electron chi connectivity index (χ0n) is 15.7. The third kappa shape index (κ3) is 2.41. The van der Waals surface area contributed by atoms with Crippen molar-refractivity contribution in [2.45, 2.75) is 64.0 Å². The fourth-order valence-corrected chi connectivity index (χ4v) is 5.34. The number of carbonyl (C=O) groups excluding carboxylic acids is 1. The maximum Gasteiger partial charge on any atom is 0.320 e. The normalized spacial score (nSPS) is 31.6. The highest BCUT2D eigenvalue weighted by Crippen LogP contribution is 2.56. The molecule has 4 rings (SSSR count). The Labute approximate surface area is 150 Å². The van der Waals surface area contributed by atoms with E-state index in [1.807, 2.05) is 4.90 Å². The molecular weight excluding hydrogens is 312 g/mol. The predicted octanol–water partition coefficient (Wildman–Crippen LogP) is 3.18. The van der Waals surface area contributed by atoms with E-state index < -0.39 is 0 Å². The molecular formula is C21H30N2O2. The van der Waals surface area contributed by atoms with E-state index in [1.54, 1.807) is 0 Å². The lowest BCUT2D eigenvalue weighted by Gasteiger charge is -2.61. The lowest BCUT2D eigenvalue weighted by atomic mass is 9.51. The average molecular weight is 342 g/mol. The molecule has 1 N–H and O–H groups in total. The number of likely N-dealkylation sites (tertiary alicyclic amines) is 2. The second-order valence-electron chi connectivity index (χ2n) is 8.88. The molecule has 1 aromatic rings. The summed E-state index contributed by atoms with van der Waals surface area (Å²) in [7, 11) is 0. The molecule has 0 spiro atoms. The SMILES string of the molecule is CC1(C)[C@H]2Cc3ccccc3[C@]1(C)CCN2C(=O)N1CCC(O)CC1. The molecule has 2 aliphatic heterocycles. The first-order chi connectivity index (χ1) is 11.8. The van der Waals surface area contributed by atoms with Gasteiger partial charge in [-0.15, -0.1) is 0 Å². The first-order valence-electron chi connectivity index (χ1n) is 9.66. The highest BCUT2D eigenvalue weighted by molar-refractivity contribution is 5.75. The molecule has 3 aliphatic rings. The lowest BCUT2D eigenvalue weighted by Crippen LogP contribution is -2.66. The van der Waals surface area contributed by atoms with Crippen LogP contribution in [0.5, 0.6) is 0 Å². The Morgan fingerprint density at radius 3 is 2.52 bits per heavy atom. The number of amides is 2. The van der Waals surface area contributed by atoms with Gasteiger partial charge in [-0.25, -0.2) is 4.79 Å². The Kier molecular flexibility index (Phi) is 3.87. The van der Waals surface area contributed by atoms with E-state index in [0.717, 1.165) is 19.4 Å². The molecule has 2 saturated heterocycles. The van der Waals surface area contributed by atoms with Gasteiger partial charge >= 0.3 is 6.03 Å². The van der Waals surface area contributed by atoms with Crippen molar-refractivity contribution in [1.29, 1.82) is 0 Å². The quantitative estimate of drug-likeness (QED) is 0.787. The van der Waals surface area contributed by atoms with Crippen molar-refractivity contribution >= 4 is 6.03 Å². The van der Waals surface area contributed by atoms with E-state index >= 15 is 0 Å². The largest absolute Gasteiger partial charge is 0.393 e. The molecule has 0 unspecified atom stereocenters. The van der Waals surface area contributed by atoms with Crippen molar-refractivity contribution in [3.8, 4) is 0 Å². The first-order valence-corrected chi connectivity index (χ1v) is 9.66. The summed E-state index contributed by atoms with van der Waals surface area (Å²) in [5.41, 5.74) is 3.04. The highest BCUT2D eigenvalue weighted by atomic mass is 16.3. The van der Waals surface area contributed by atoms with Gasteiger partial charge in [-0.1, -0.05) is 45.0 Å². The Balaban J connectivity index is 1.65. The van der Waals surface area contributed by atoms with Gasteiger partial charge in [0.1, 0.15) is 0 Å². The smallest absolute Gasteiger partial charge is 0.320 e. The van der Waals surface area contributed by atoms with Gasteiger partial charge < -0.3 is 14.9 Å². The van der Waals surface area contributed by atoms with Crippen molar-refractivity contribution in [2.75, 3.05) is 19.6 Å². The van der Waals surface area contributed by atoms with Crippen LogP contribution in [0.25, 0.3) is 0 Å². The lowest BCUT2D eigenvalue weighted by molar-refractivity contribution is -0.0266. The molecule has 0 radical (unpaired) electrons. The second-order valence-corrected chi connectivity index (χ2v) is 8.88. The number of aliphatic hydroxyl groups is 1. The van der Waals surface area contributed by atoms with E-state index in [4.69, 9.17) is 0 Å². The standard InChI is InChI=1S/C21H30N2O2/c1-20(2)18-14-15-6-4-5-7-17(15)21(20,3)10-13-23(18)19(25)22-11-8-16(24)9-12-22/h4-7,16,18,24H,8-14H2,1-3H3/t18-,21+/m1/s1. The Morgan fingerprint density at radius 1 is 1.12 bits per heavy atom. The van der Waals surface area contributed by atoms with Gasteiger partial charge in [0.2, 0.25) is 0 Å². The maximum atomic E-state index is 13.2. The second kappa shape index (κ2) is 5.73. The van der Waals surface area contributed by atoms with Gasteiger partial charge in [0.15, 0.2) is 0 Å². The third-order valence-corrected chi connectivity index (χ3v) is 7.49. The minimum Gasteiger partial charge on any atom is -0.393 e. The summed E-state index contributed by atoms with van der Waals surface area (Å²) >= 11 is 0. The summed E-state index contributed by atoms with van der Waals surface area (Å²) in [4.78, 5) is 17.3. The topological polar surface area (TPSA) is 43.8 Å². The molecule has 1 aromatic carbocycles. The van der Waals surface area contributed by atoms with Gasteiger partial charge in [0.25, 0.3) is 0 Å². The molecule has 136 valence electrons. The van der Waals surface area contributed by atoms with Crippen LogP contribution in [0.15, 0.2) is 24.3 Å². The Bertz CT molecular complexity index is 678. The van der Waals surface area contributed by atoms with Gasteiger partial charge in [0, 0.05) is 31.1 Å². The van der Waals surface area contributed by atoms with E-state index in [9.17, 15) is 9.90 Å². The molecule has 0 saturated carbocycles. The van der Waals surface area contributed by atoms with Crippen molar-refractivity contribution in [3.05, 3.63) is 35.4 Å². The maximum absolute atomic E-state index is 13.2. The number of nitrogens with zero attached hydrogens (tertiary/aromatic N) is 2. The number of aliphatic hydroxyl groups excluding tert-OH is 1. The number of hydrogen-bond acceptors (Lipinski definition) is 2. The van der Waals surface area contributed by atoms with Crippen molar-refractivity contribution in [1.82, 2.24) is 9.80 Å². The van der Waals surface area contributed by atoms with Crippen LogP contribution in [-0.2, 0) is 11.8 Å². The van der Waals surface area contributed by atoms with Gasteiger partial charge in [-0.05, 0) is 42.2 Å². The fraction of sp³-hybridized carbons (Fsp3) is 0.667. The van der Waals surface area contributed by atoms with Crippen LogP contribution in [0, 0.1) is 5.41 Å². The number of piperidine rings is 2. The zero-order chi connectivity index (χ0) is 17.8. The van der Waals surface area contributed by atoms with E-state index in [0.29, 0.717) is 25.9 Å². The van der Waals surface area contributed by atoms with Crippen LogP contribution < -0.4 is 0 Å². The fourth-order valence-electron chi connectivity index (χ4n) is 5.34.